The molecule has 1 aromatic heterocycles. The second-order valence-corrected chi connectivity index (χ2v) is 10.7. The molecule has 1 saturated heterocycles. The quantitative estimate of drug-likeness (QED) is 0.556. The number of pyridine rings is 1. The van der Waals surface area contributed by atoms with Gasteiger partial charge in [-0.1, -0.05) is 11.6 Å². The van der Waals surface area contributed by atoms with Crippen molar-refractivity contribution in [2.45, 2.75) is 84.8 Å². The molecule has 2 heterocycles. The molecule has 0 radical (unpaired) electrons. The number of halogens is 1. The van der Waals surface area contributed by atoms with E-state index in [0.29, 0.717) is 22.2 Å². The molecule has 6 nitrogen and oxygen atoms in total. The van der Waals surface area contributed by atoms with Crippen molar-refractivity contribution in [1.82, 2.24) is 15.2 Å². The Morgan fingerprint density at radius 3 is 2.43 bits per heavy atom. The predicted molar refractivity (Wildman–Crippen MR) is 144 cm³/mol. The highest BCUT2D eigenvalue weighted by Crippen LogP contribution is 2.35. The number of nitrogens with one attached hydrogen (secondary N) is 2. The molecular weight excluding hydrogens is 460 g/mol. The van der Waals surface area contributed by atoms with E-state index < -0.39 is 0 Å². The van der Waals surface area contributed by atoms with E-state index in [-0.39, 0.29) is 18.0 Å². The Labute approximate surface area is 214 Å². The smallest absolute Gasteiger partial charge is 0.253 e. The fraction of sp³-hybridized carbons (Fsp3) is 0.571. The molecule has 2 aliphatic rings. The molecule has 2 N–H and O–H groups in total. The van der Waals surface area contributed by atoms with Crippen LogP contribution in [0.15, 0.2) is 23.0 Å². The minimum atomic E-state index is -0.209. The van der Waals surface area contributed by atoms with E-state index in [1.807, 2.05) is 32.9 Å². The van der Waals surface area contributed by atoms with E-state index in [1.165, 1.54) is 38.8 Å². The van der Waals surface area contributed by atoms with Crippen molar-refractivity contribution < 1.29 is 4.79 Å². The molecule has 1 saturated carbocycles. The molecule has 7 heteroatoms. The normalized spacial score (nSPS) is 20.7. The standard InChI is InChI=1S/C28H39ClN4O2/c1-5-33(23-10-8-22(9-11-23)32-12-6-7-13-32)26-16-21(29)15-24(20(26)4)27(34)30-17-25-18(2)14-19(3)31-28(25)35/h14-16,22-23H,5-13,17H2,1-4H3,(H,30,34)(H,31,35). The van der Waals surface area contributed by atoms with Crippen molar-refractivity contribution in [3.63, 3.8) is 0 Å². The maximum Gasteiger partial charge on any atom is 0.253 e. The average molecular weight is 499 g/mol. The van der Waals surface area contributed by atoms with Crippen molar-refractivity contribution in [3.8, 4) is 0 Å². The Morgan fingerprint density at radius 2 is 1.80 bits per heavy atom. The summed E-state index contributed by atoms with van der Waals surface area (Å²) in [7, 11) is 0. The molecule has 1 aliphatic heterocycles. The third kappa shape index (κ3) is 5.75. The summed E-state index contributed by atoms with van der Waals surface area (Å²) < 4.78 is 0. The van der Waals surface area contributed by atoms with Gasteiger partial charge in [-0.15, -0.1) is 0 Å². The van der Waals surface area contributed by atoms with Crippen LogP contribution in [-0.2, 0) is 6.54 Å². The van der Waals surface area contributed by atoms with Crippen molar-refractivity contribution in [2.75, 3.05) is 24.5 Å². The number of amides is 1. The maximum absolute atomic E-state index is 13.2. The van der Waals surface area contributed by atoms with Gasteiger partial charge in [0.15, 0.2) is 0 Å². The third-order valence-electron chi connectivity index (χ3n) is 7.92. The number of rotatable bonds is 7. The Morgan fingerprint density at radius 1 is 1.11 bits per heavy atom. The highest BCUT2D eigenvalue weighted by molar-refractivity contribution is 6.31. The molecule has 1 amide bonds. The van der Waals surface area contributed by atoms with Crippen molar-refractivity contribution in [1.29, 1.82) is 0 Å². The minimum Gasteiger partial charge on any atom is -0.369 e. The van der Waals surface area contributed by atoms with Crippen molar-refractivity contribution >= 4 is 23.2 Å². The Balaban J connectivity index is 1.49. The molecule has 0 bridgehead atoms. The first-order chi connectivity index (χ1) is 16.8. The molecule has 0 spiro atoms. The first kappa shape index (κ1) is 25.8. The molecule has 0 atom stereocenters. The summed E-state index contributed by atoms with van der Waals surface area (Å²) in [5, 5.41) is 3.50. The largest absolute Gasteiger partial charge is 0.369 e. The van der Waals surface area contributed by atoms with Crippen LogP contribution in [0, 0.1) is 20.8 Å². The number of benzene rings is 1. The number of likely N-dealkylation sites (tertiary alicyclic amines) is 1. The zero-order chi connectivity index (χ0) is 25.1. The lowest BCUT2D eigenvalue weighted by atomic mass is 9.88. The molecular formula is C28H39ClN4O2. The van der Waals surface area contributed by atoms with Crippen LogP contribution in [0.1, 0.15) is 78.2 Å². The van der Waals surface area contributed by atoms with E-state index in [9.17, 15) is 9.59 Å². The van der Waals surface area contributed by atoms with Gasteiger partial charge >= 0.3 is 0 Å². The van der Waals surface area contributed by atoms with Gasteiger partial charge in [0.25, 0.3) is 11.5 Å². The van der Waals surface area contributed by atoms with Gasteiger partial charge in [0.05, 0.1) is 0 Å². The Bertz CT molecular complexity index is 1110. The monoisotopic (exact) mass is 498 g/mol. The van der Waals surface area contributed by atoms with Gasteiger partial charge in [0.2, 0.25) is 0 Å². The second kappa shape index (κ2) is 11.2. The first-order valence-corrected chi connectivity index (χ1v) is 13.4. The van der Waals surface area contributed by atoms with Crippen molar-refractivity contribution in [3.05, 3.63) is 61.5 Å². The topological polar surface area (TPSA) is 68.4 Å². The van der Waals surface area contributed by atoms with E-state index >= 15 is 0 Å². The summed E-state index contributed by atoms with van der Waals surface area (Å²) in [6, 6.07) is 6.84. The van der Waals surface area contributed by atoms with Crippen LogP contribution in [0.2, 0.25) is 5.02 Å². The third-order valence-corrected chi connectivity index (χ3v) is 8.14. The number of aryl methyl sites for hydroxylation is 2. The van der Waals surface area contributed by atoms with E-state index in [4.69, 9.17) is 11.6 Å². The lowest BCUT2D eigenvalue weighted by Gasteiger charge is -2.41. The van der Waals surface area contributed by atoms with Gasteiger partial charge in [-0.25, -0.2) is 0 Å². The van der Waals surface area contributed by atoms with E-state index in [2.05, 4.69) is 27.0 Å². The van der Waals surface area contributed by atoms with Crippen LogP contribution in [0.25, 0.3) is 0 Å². The van der Waals surface area contributed by atoms with Crippen molar-refractivity contribution in [2.24, 2.45) is 0 Å². The van der Waals surface area contributed by atoms with E-state index in [0.717, 1.165) is 47.9 Å². The van der Waals surface area contributed by atoms with Crippen LogP contribution in [-0.4, -0.2) is 47.5 Å². The average Bonchev–Trinajstić information content (AvgIpc) is 3.36. The van der Waals surface area contributed by atoms with Gasteiger partial charge in [-0.2, -0.15) is 0 Å². The summed E-state index contributed by atoms with van der Waals surface area (Å²) in [5.41, 5.74) is 4.65. The number of hydrogen-bond donors (Lipinski definition) is 2. The zero-order valence-electron chi connectivity index (χ0n) is 21.5. The summed E-state index contributed by atoms with van der Waals surface area (Å²) in [5.74, 6) is -0.209. The molecule has 0 unspecified atom stereocenters. The highest BCUT2D eigenvalue weighted by Gasteiger charge is 2.31. The Hall–Kier alpha value is -2.31. The number of nitrogens with zero attached hydrogens (tertiary/aromatic N) is 2. The second-order valence-electron chi connectivity index (χ2n) is 10.2. The van der Waals surface area contributed by atoms with Crippen LogP contribution >= 0.6 is 11.6 Å². The highest BCUT2D eigenvalue weighted by atomic mass is 35.5. The number of carbonyl (C=O) groups is 1. The van der Waals surface area contributed by atoms with Gasteiger partial charge in [0, 0.05) is 52.7 Å². The molecule has 4 rings (SSSR count). The lowest BCUT2D eigenvalue weighted by molar-refractivity contribution is 0.0950. The first-order valence-electron chi connectivity index (χ1n) is 13.1. The fourth-order valence-electron chi connectivity index (χ4n) is 6.03. The number of carbonyl (C=O) groups excluding carboxylic acids is 1. The van der Waals surface area contributed by atoms with E-state index in [1.54, 1.807) is 6.07 Å². The minimum absolute atomic E-state index is 0.159. The summed E-state index contributed by atoms with van der Waals surface area (Å²) in [4.78, 5) is 33.5. The zero-order valence-corrected chi connectivity index (χ0v) is 22.3. The maximum atomic E-state index is 13.2. The summed E-state index contributed by atoms with van der Waals surface area (Å²) in [6.07, 6.45) is 7.48. The van der Waals surface area contributed by atoms with Crippen LogP contribution < -0.4 is 15.8 Å². The van der Waals surface area contributed by atoms with Gasteiger partial charge < -0.3 is 20.1 Å². The van der Waals surface area contributed by atoms with Crippen LogP contribution in [0.5, 0.6) is 0 Å². The summed E-state index contributed by atoms with van der Waals surface area (Å²) in [6.45, 7) is 11.5. The molecule has 2 aromatic rings. The Kier molecular flexibility index (Phi) is 8.23. The molecule has 35 heavy (non-hydrogen) atoms. The molecule has 1 aromatic carbocycles. The van der Waals surface area contributed by atoms with Crippen LogP contribution in [0.3, 0.4) is 0 Å². The van der Waals surface area contributed by atoms with Crippen LogP contribution in [0.4, 0.5) is 5.69 Å². The van der Waals surface area contributed by atoms with Gasteiger partial charge in [0.1, 0.15) is 0 Å². The number of H-pyrrole nitrogens is 1. The SMILES string of the molecule is CCN(c1cc(Cl)cc(C(=O)NCc2c(C)cc(C)[nH]c2=O)c1C)C1CCC(N2CCCC2)CC1. The van der Waals surface area contributed by atoms with Gasteiger partial charge in [-0.05, 0) is 109 Å². The number of anilines is 1. The lowest BCUT2D eigenvalue weighted by Crippen LogP contribution is -2.43. The molecule has 1 aliphatic carbocycles. The predicted octanol–water partition coefficient (Wildman–Crippen LogP) is 5.12. The fourth-order valence-corrected chi connectivity index (χ4v) is 6.24. The van der Waals surface area contributed by atoms with Gasteiger partial charge in [-0.3, -0.25) is 9.59 Å². The number of aromatic nitrogens is 1. The number of aromatic amines is 1. The number of hydrogen-bond acceptors (Lipinski definition) is 4. The summed E-state index contributed by atoms with van der Waals surface area (Å²) >= 11 is 6.53. The molecule has 190 valence electrons. The molecule has 2 fully saturated rings.